The van der Waals surface area contributed by atoms with Gasteiger partial charge in [-0.25, -0.2) is 0 Å². The van der Waals surface area contributed by atoms with Gasteiger partial charge in [-0.2, -0.15) is 0 Å². The lowest BCUT2D eigenvalue weighted by atomic mass is 10.1. The molecule has 0 saturated heterocycles. The summed E-state index contributed by atoms with van der Waals surface area (Å²) in [4.78, 5) is 0. The first-order chi connectivity index (χ1) is 10.2. The van der Waals surface area contributed by atoms with E-state index in [1.165, 1.54) is 0 Å². The van der Waals surface area contributed by atoms with E-state index in [1.807, 2.05) is 48.7 Å². The Morgan fingerprint density at radius 1 is 1.14 bits per heavy atom. The highest BCUT2D eigenvalue weighted by molar-refractivity contribution is 5.88. The van der Waals surface area contributed by atoms with Crippen LogP contribution >= 0.6 is 0 Å². The molecule has 3 rings (SSSR count). The van der Waals surface area contributed by atoms with Crippen LogP contribution in [0.25, 0.3) is 10.8 Å². The summed E-state index contributed by atoms with van der Waals surface area (Å²) < 4.78 is 7.87. The second-order valence-corrected chi connectivity index (χ2v) is 4.95. The molecule has 3 aromatic rings. The topological polar surface area (TPSA) is 66.0 Å². The first-order valence-corrected chi connectivity index (χ1v) is 7.05. The number of fused-ring (bicyclic) bond motifs is 1. The minimum absolute atomic E-state index is 0.178. The number of rotatable bonds is 4. The van der Waals surface area contributed by atoms with Crippen LogP contribution < -0.4 is 10.5 Å². The van der Waals surface area contributed by atoms with E-state index in [-0.39, 0.29) is 6.04 Å². The van der Waals surface area contributed by atoms with Crippen LogP contribution in [0.5, 0.6) is 11.8 Å². The van der Waals surface area contributed by atoms with Gasteiger partial charge in [0.15, 0.2) is 5.82 Å². The van der Waals surface area contributed by atoms with E-state index in [0.29, 0.717) is 12.6 Å². The first-order valence-electron chi connectivity index (χ1n) is 7.05. The van der Waals surface area contributed by atoms with Crippen molar-refractivity contribution >= 4 is 10.8 Å². The van der Waals surface area contributed by atoms with Crippen molar-refractivity contribution in [1.82, 2.24) is 14.8 Å². The lowest BCUT2D eigenvalue weighted by molar-refractivity contribution is 0.413. The second kappa shape index (κ2) is 5.54. The lowest BCUT2D eigenvalue weighted by Crippen LogP contribution is -2.13. The molecule has 0 aliphatic rings. The number of hydrogen-bond acceptors (Lipinski definition) is 4. The highest BCUT2D eigenvalue weighted by Gasteiger charge is 2.16. The maximum atomic E-state index is 5.98. The first kappa shape index (κ1) is 13.6. The summed E-state index contributed by atoms with van der Waals surface area (Å²) in [5.41, 5.74) is 5.91. The zero-order valence-electron chi connectivity index (χ0n) is 12.2. The summed E-state index contributed by atoms with van der Waals surface area (Å²) in [6, 6.07) is 14.3. The fraction of sp³-hybridized carbons (Fsp3) is 0.250. The number of benzene rings is 2. The van der Waals surface area contributed by atoms with Crippen LogP contribution in [0, 0.1) is 0 Å². The van der Waals surface area contributed by atoms with Crippen molar-refractivity contribution in [3.05, 3.63) is 48.3 Å². The van der Waals surface area contributed by atoms with Crippen LogP contribution in [-0.2, 0) is 6.54 Å². The number of ether oxygens (including phenoxy) is 1. The zero-order valence-corrected chi connectivity index (χ0v) is 12.2. The normalized spacial score (nSPS) is 12.5. The van der Waals surface area contributed by atoms with E-state index >= 15 is 0 Å². The molecule has 5 heteroatoms. The molecule has 0 bridgehead atoms. The van der Waals surface area contributed by atoms with Crippen LogP contribution in [-0.4, -0.2) is 14.8 Å². The van der Waals surface area contributed by atoms with Gasteiger partial charge in [0.25, 0.3) is 0 Å². The van der Waals surface area contributed by atoms with Crippen LogP contribution in [0.2, 0.25) is 0 Å². The standard InChI is InChI=1S/C16H18N4O/c1-3-20-15(11(2)17)18-19-16(20)21-14-10-6-8-12-7-4-5-9-13(12)14/h4-11H,3,17H2,1-2H3/t11-/m1/s1. The summed E-state index contributed by atoms with van der Waals surface area (Å²) in [7, 11) is 0. The predicted molar refractivity (Wildman–Crippen MR) is 82.3 cm³/mol. The van der Waals surface area contributed by atoms with Gasteiger partial charge in [0.05, 0.1) is 6.04 Å². The van der Waals surface area contributed by atoms with Crippen LogP contribution in [0.15, 0.2) is 42.5 Å². The number of aromatic nitrogens is 3. The van der Waals surface area contributed by atoms with Gasteiger partial charge in [-0.05, 0) is 25.3 Å². The van der Waals surface area contributed by atoms with E-state index in [9.17, 15) is 0 Å². The molecule has 0 fully saturated rings. The molecular weight excluding hydrogens is 264 g/mol. The van der Waals surface area contributed by atoms with Gasteiger partial charge >= 0.3 is 6.01 Å². The molecule has 2 aromatic carbocycles. The molecule has 1 aromatic heterocycles. The zero-order chi connectivity index (χ0) is 14.8. The quantitative estimate of drug-likeness (QED) is 0.797. The van der Waals surface area contributed by atoms with Crippen LogP contribution in [0.1, 0.15) is 25.7 Å². The smallest absolute Gasteiger partial charge is 0.322 e. The molecule has 0 unspecified atom stereocenters. The average molecular weight is 282 g/mol. The molecule has 5 nitrogen and oxygen atoms in total. The molecule has 108 valence electrons. The number of nitrogens with two attached hydrogens (primary N) is 1. The second-order valence-electron chi connectivity index (χ2n) is 4.95. The third kappa shape index (κ3) is 2.48. The number of hydrogen-bond donors (Lipinski definition) is 1. The number of nitrogens with zero attached hydrogens (tertiary/aromatic N) is 3. The fourth-order valence-electron chi connectivity index (χ4n) is 2.39. The van der Waals surface area contributed by atoms with Gasteiger partial charge in [-0.15, -0.1) is 5.10 Å². The van der Waals surface area contributed by atoms with Gasteiger partial charge < -0.3 is 10.5 Å². The Morgan fingerprint density at radius 2 is 1.90 bits per heavy atom. The molecule has 0 spiro atoms. The summed E-state index contributed by atoms with van der Waals surface area (Å²) in [5.74, 6) is 1.50. The molecule has 1 heterocycles. The highest BCUT2D eigenvalue weighted by atomic mass is 16.5. The Morgan fingerprint density at radius 3 is 2.67 bits per heavy atom. The monoisotopic (exact) mass is 282 g/mol. The molecule has 0 radical (unpaired) electrons. The molecule has 1 atom stereocenters. The average Bonchev–Trinajstić information content (AvgIpc) is 2.90. The molecule has 0 aliphatic heterocycles. The highest BCUT2D eigenvalue weighted by Crippen LogP contribution is 2.29. The summed E-state index contributed by atoms with van der Waals surface area (Å²) in [6.07, 6.45) is 0. The van der Waals surface area contributed by atoms with Gasteiger partial charge in [0.1, 0.15) is 5.75 Å². The van der Waals surface area contributed by atoms with Crippen molar-refractivity contribution in [3.8, 4) is 11.8 Å². The molecule has 0 saturated carbocycles. The summed E-state index contributed by atoms with van der Waals surface area (Å²) in [5, 5.41) is 10.4. The minimum Gasteiger partial charge on any atom is -0.424 e. The maximum absolute atomic E-state index is 5.98. The Labute approximate surface area is 123 Å². The van der Waals surface area contributed by atoms with E-state index in [1.54, 1.807) is 0 Å². The molecule has 0 amide bonds. The SMILES string of the molecule is CCn1c(Oc2cccc3ccccc23)nnc1[C@@H](C)N. The van der Waals surface area contributed by atoms with Crippen molar-refractivity contribution in [2.75, 3.05) is 0 Å². The Kier molecular flexibility index (Phi) is 3.58. The van der Waals surface area contributed by atoms with E-state index in [4.69, 9.17) is 10.5 Å². The molecule has 2 N–H and O–H groups in total. The fourth-order valence-corrected chi connectivity index (χ4v) is 2.39. The minimum atomic E-state index is -0.178. The van der Waals surface area contributed by atoms with E-state index in [0.717, 1.165) is 22.3 Å². The van der Waals surface area contributed by atoms with Crippen LogP contribution in [0.3, 0.4) is 0 Å². The Bertz CT molecular complexity index is 759. The van der Waals surface area contributed by atoms with Gasteiger partial charge in [-0.1, -0.05) is 41.5 Å². The third-order valence-corrected chi connectivity index (χ3v) is 3.42. The van der Waals surface area contributed by atoms with Gasteiger partial charge in [0.2, 0.25) is 0 Å². The van der Waals surface area contributed by atoms with Crippen molar-refractivity contribution in [2.24, 2.45) is 5.73 Å². The lowest BCUT2D eigenvalue weighted by Gasteiger charge is -2.11. The predicted octanol–water partition coefficient (Wildman–Crippen LogP) is 3.26. The largest absolute Gasteiger partial charge is 0.424 e. The van der Waals surface area contributed by atoms with Gasteiger partial charge in [0, 0.05) is 11.9 Å². The molecule has 21 heavy (non-hydrogen) atoms. The molecule has 0 aliphatic carbocycles. The maximum Gasteiger partial charge on any atom is 0.322 e. The Balaban J connectivity index is 2.03. The third-order valence-electron chi connectivity index (χ3n) is 3.42. The van der Waals surface area contributed by atoms with E-state index < -0.39 is 0 Å². The Hall–Kier alpha value is -2.40. The van der Waals surface area contributed by atoms with Crippen molar-refractivity contribution in [2.45, 2.75) is 26.4 Å². The summed E-state index contributed by atoms with van der Waals surface area (Å²) in [6.45, 7) is 4.62. The van der Waals surface area contributed by atoms with Crippen molar-refractivity contribution in [1.29, 1.82) is 0 Å². The van der Waals surface area contributed by atoms with Crippen molar-refractivity contribution in [3.63, 3.8) is 0 Å². The van der Waals surface area contributed by atoms with E-state index in [2.05, 4.69) is 22.3 Å². The van der Waals surface area contributed by atoms with Gasteiger partial charge in [-0.3, -0.25) is 4.57 Å². The molecular formula is C16H18N4O. The summed E-state index contributed by atoms with van der Waals surface area (Å²) >= 11 is 0. The van der Waals surface area contributed by atoms with Crippen LogP contribution in [0.4, 0.5) is 0 Å². The van der Waals surface area contributed by atoms with Crippen molar-refractivity contribution < 1.29 is 4.74 Å².